The third-order valence-electron chi connectivity index (χ3n) is 4.15. The zero-order valence-corrected chi connectivity index (χ0v) is 15.7. The minimum atomic E-state index is 0.592. The topological polar surface area (TPSA) is 48.9 Å². The molecule has 5 nitrogen and oxygen atoms in total. The summed E-state index contributed by atoms with van der Waals surface area (Å²) in [5.41, 5.74) is 0. The SMILES string of the molecule is CCNC(=NCCCN1CCCCC1C)NCCOCC(C)C. The molecule has 2 N–H and O–H groups in total. The molecule has 1 saturated heterocycles. The molecule has 0 radical (unpaired) electrons. The Balaban J connectivity index is 2.17. The molecule has 1 aliphatic heterocycles. The van der Waals surface area contributed by atoms with Gasteiger partial charge < -0.3 is 20.3 Å². The predicted octanol–water partition coefficient (Wildman–Crippen LogP) is 2.48. The third kappa shape index (κ3) is 9.82. The Labute approximate surface area is 143 Å². The lowest BCUT2D eigenvalue weighted by Gasteiger charge is -2.33. The summed E-state index contributed by atoms with van der Waals surface area (Å²) in [6, 6.07) is 0.747. The van der Waals surface area contributed by atoms with Crippen LogP contribution in [0.2, 0.25) is 0 Å². The van der Waals surface area contributed by atoms with Gasteiger partial charge in [0.2, 0.25) is 0 Å². The molecule has 0 spiro atoms. The number of ether oxygens (including phenoxy) is 1. The highest BCUT2D eigenvalue weighted by Gasteiger charge is 2.16. The molecular weight excluding hydrogens is 288 g/mol. The summed E-state index contributed by atoms with van der Waals surface area (Å²) in [5, 5.41) is 6.64. The van der Waals surface area contributed by atoms with Gasteiger partial charge in [-0.2, -0.15) is 0 Å². The first-order valence-corrected chi connectivity index (χ1v) is 9.47. The molecule has 0 aromatic rings. The Bertz CT molecular complexity index is 320. The highest BCUT2D eigenvalue weighted by atomic mass is 16.5. The smallest absolute Gasteiger partial charge is 0.191 e. The van der Waals surface area contributed by atoms with E-state index in [1.165, 1.54) is 32.4 Å². The Kier molecular flexibility index (Phi) is 11.1. The second-order valence-electron chi connectivity index (χ2n) is 6.89. The Morgan fingerprint density at radius 1 is 1.30 bits per heavy atom. The second-order valence-corrected chi connectivity index (χ2v) is 6.89. The second kappa shape index (κ2) is 12.6. The van der Waals surface area contributed by atoms with Crippen LogP contribution in [0.15, 0.2) is 4.99 Å². The van der Waals surface area contributed by atoms with Gasteiger partial charge in [0, 0.05) is 38.8 Å². The van der Waals surface area contributed by atoms with Gasteiger partial charge in [0.05, 0.1) is 6.61 Å². The van der Waals surface area contributed by atoms with Crippen LogP contribution in [-0.4, -0.2) is 62.8 Å². The number of aliphatic imine (C=N–C) groups is 1. The number of hydrogen-bond donors (Lipinski definition) is 2. The number of guanidine groups is 1. The Hall–Kier alpha value is -0.810. The van der Waals surface area contributed by atoms with Crippen LogP contribution in [0, 0.1) is 5.92 Å². The van der Waals surface area contributed by atoms with Crippen LogP contribution < -0.4 is 10.6 Å². The highest BCUT2D eigenvalue weighted by molar-refractivity contribution is 5.79. The average Bonchev–Trinajstić information content (AvgIpc) is 2.52. The van der Waals surface area contributed by atoms with Crippen LogP contribution >= 0.6 is 0 Å². The van der Waals surface area contributed by atoms with E-state index in [0.717, 1.165) is 51.3 Å². The molecule has 136 valence electrons. The van der Waals surface area contributed by atoms with Crippen molar-refractivity contribution in [3.8, 4) is 0 Å². The first-order valence-electron chi connectivity index (χ1n) is 9.47. The molecule has 0 saturated carbocycles. The molecular formula is C18H38N4O. The van der Waals surface area contributed by atoms with Gasteiger partial charge in [0.1, 0.15) is 0 Å². The first kappa shape index (κ1) is 20.2. The van der Waals surface area contributed by atoms with E-state index in [2.05, 4.69) is 48.2 Å². The van der Waals surface area contributed by atoms with Crippen molar-refractivity contribution >= 4 is 5.96 Å². The van der Waals surface area contributed by atoms with Gasteiger partial charge in [-0.05, 0) is 45.6 Å². The summed E-state index contributed by atoms with van der Waals surface area (Å²) in [5.74, 6) is 1.50. The van der Waals surface area contributed by atoms with Crippen molar-refractivity contribution in [3.63, 3.8) is 0 Å². The fraction of sp³-hybridized carbons (Fsp3) is 0.944. The van der Waals surface area contributed by atoms with Gasteiger partial charge in [-0.3, -0.25) is 4.99 Å². The number of nitrogens with zero attached hydrogens (tertiary/aromatic N) is 2. The molecule has 0 amide bonds. The van der Waals surface area contributed by atoms with Gasteiger partial charge in [-0.25, -0.2) is 0 Å². The van der Waals surface area contributed by atoms with E-state index in [-0.39, 0.29) is 0 Å². The molecule has 5 heteroatoms. The van der Waals surface area contributed by atoms with Crippen molar-refractivity contribution < 1.29 is 4.74 Å². The van der Waals surface area contributed by atoms with Crippen molar-refractivity contribution in [1.82, 2.24) is 15.5 Å². The number of piperidine rings is 1. The monoisotopic (exact) mass is 326 g/mol. The Morgan fingerprint density at radius 3 is 2.83 bits per heavy atom. The van der Waals surface area contributed by atoms with E-state index in [0.29, 0.717) is 5.92 Å². The third-order valence-corrected chi connectivity index (χ3v) is 4.15. The number of likely N-dealkylation sites (tertiary alicyclic amines) is 1. The molecule has 0 aromatic heterocycles. The van der Waals surface area contributed by atoms with Crippen LogP contribution in [0.3, 0.4) is 0 Å². The zero-order valence-electron chi connectivity index (χ0n) is 15.7. The summed E-state index contributed by atoms with van der Waals surface area (Å²) in [7, 11) is 0. The lowest BCUT2D eigenvalue weighted by molar-refractivity contribution is 0.114. The molecule has 23 heavy (non-hydrogen) atoms. The molecule has 1 heterocycles. The molecule has 0 aliphatic carbocycles. The highest BCUT2D eigenvalue weighted by Crippen LogP contribution is 2.16. The van der Waals surface area contributed by atoms with Crippen LogP contribution in [0.5, 0.6) is 0 Å². The zero-order chi connectivity index (χ0) is 16.9. The van der Waals surface area contributed by atoms with Crippen molar-refractivity contribution in [1.29, 1.82) is 0 Å². The Morgan fingerprint density at radius 2 is 2.13 bits per heavy atom. The molecule has 1 fully saturated rings. The molecule has 0 bridgehead atoms. The van der Waals surface area contributed by atoms with Gasteiger partial charge in [-0.1, -0.05) is 20.3 Å². The first-order chi connectivity index (χ1) is 11.1. The lowest BCUT2D eigenvalue weighted by Crippen LogP contribution is -2.40. The summed E-state index contributed by atoms with van der Waals surface area (Å²) in [4.78, 5) is 7.28. The van der Waals surface area contributed by atoms with Crippen molar-refractivity contribution in [2.24, 2.45) is 10.9 Å². The van der Waals surface area contributed by atoms with Gasteiger partial charge >= 0.3 is 0 Å². The molecule has 1 rings (SSSR count). The lowest BCUT2D eigenvalue weighted by atomic mass is 10.0. The van der Waals surface area contributed by atoms with E-state index in [4.69, 9.17) is 4.74 Å². The van der Waals surface area contributed by atoms with E-state index in [1.807, 2.05) is 0 Å². The number of nitrogens with one attached hydrogen (secondary N) is 2. The standard InChI is InChI=1S/C18H38N4O/c1-5-19-18(21-11-14-23-15-16(2)3)20-10-8-13-22-12-7-6-9-17(22)4/h16-17H,5-15H2,1-4H3,(H2,19,20,21). The van der Waals surface area contributed by atoms with Crippen LogP contribution in [0.4, 0.5) is 0 Å². The van der Waals surface area contributed by atoms with Crippen molar-refractivity contribution in [3.05, 3.63) is 0 Å². The number of hydrogen-bond acceptors (Lipinski definition) is 3. The van der Waals surface area contributed by atoms with E-state index < -0.39 is 0 Å². The van der Waals surface area contributed by atoms with Gasteiger partial charge in [-0.15, -0.1) is 0 Å². The van der Waals surface area contributed by atoms with E-state index in [1.54, 1.807) is 0 Å². The van der Waals surface area contributed by atoms with E-state index in [9.17, 15) is 0 Å². The molecule has 0 aromatic carbocycles. The van der Waals surface area contributed by atoms with Crippen LogP contribution in [0.1, 0.15) is 53.4 Å². The minimum absolute atomic E-state index is 0.592. The summed E-state index contributed by atoms with van der Waals surface area (Å²) in [6.07, 6.45) is 5.23. The van der Waals surface area contributed by atoms with Crippen molar-refractivity contribution in [2.45, 2.75) is 59.4 Å². The largest absolute Gasteiger partial charge is 0.379 e. The minimum Gasteiger partial charge on any atom is -0.379 e. The quantitative estimate of drug-likeness (QED) is 0.368. The summed E-state index contributed by atoms with van der Waals surface area (Å²) in [6.45, 7) is 15.3. The maximum absolute atomic E-state index is 5.59. The molecule has 1 atom stereocenters. The van der Waals surface area contributed by atoms with Gasteiger partial charge in [0.25, 0.3) is 0 Å². The van der Waals surface area contributed by atoms with E-state index >= 15 is 0 Å². The maximum Gasteiger partial charge on any atom is 0.191 e. The molecule has 1 unspecified atom stereocenters. The summed E-state index contributed by atoms with van der Waals surface area (Å²) < 4.78 is 5.59. The number of rotatable bonds is 10. The van der Waals surface area contributed by atoms with Gasteiger partial charge in [0.15, 0.2) is 5.96 Å². The van der Waals surface area contributed by atoms with Crippen LogP contribution in [-0.2, 0) is 4.74 Å². The average molecular weight is 327 g/mol. The van der Waals surface area contributed by atoms with Crippen LogP contribution in [0.25, 0.3) is 0 Å². The fourth-order valence-corrected chi connectivity index (χ4v) is 2.86. The normalized spacial score (nSPS) is 20.0. The molecule has 1 aliphatic rings. The summed E-state index contributed by atoms with van der Waals surface area (Å²) >= 11 is 0. The predicted molar refractivity (Wildman–Crippen MR) is 99.1 cm³/mol. The maximum atomic E-state index is 5.59. The fourth-order valence-electron chi connectivity index (χ4n) is 2.86. The van der Waals surface area contributed by atoms with Crippen molar-refractivity contribution in [2.75, 3.05) is 45.9 Å².